The molecule has 0 aliphatic heterocycles. The molecule has 0 radical (unpaired) electrons. The minimum Gasteiger partial charge on any atom is -0.489 e. The number of hydrogen-bond donors (Lipinski definition) is 1. The molecule has 0 unspecified atom stereocenters. The largest absolute Gasteiger partial charge is 0.489 e. The first-order valence-corrected chi connectivity index (χ1v) is 7.12. The van der Waals surface area contributed by atoms with Crippen LogP contribution in [-0.2, 0) is 6.61 Å². The minimum absolute atomic E-state index is 0.00562. The lowest BCUT2D eigenvalue weighted by molar-refractivity contribution is 0.0696. The quantitative estimate of drug-likeness (QED) is 0.814. The lowest BCUT2D eigenvalue weighted by atomic mass is 10.2. The molecule has 0 bridgehead atoms. The molecule has 0 spiro atoms. The SMILES string of the molecule is O=C(O)c1cc(OCc2ccc(Br)cc2Cl)ccc1Cl. The Bertz CT molecular complexity index is 659. The molecule has 2 aromatic rings. The number of carboxylic acids is 1. The van der Waals surface area contributed by atoms with Crippen LogP contribution in [0.3, 0.4) is 0 Å². The molecule has 0 atom stereocenters. The third kappa shape index (κ3) is 3.66. The molecule has 2 aromatic carbocycles. The van der Waals surface area contributed by atoms with E-state index < -0.39 is 5.97 Å². The fourth-order valence-corrected chi connectivity index (χ4v) is 2.48. The maximum Gasteiger partial charge on any atom is 0.337 e. The summed E-state index contributed by atoms with van der Waals surface area (Å²) in [6, 6.07) is 9.95. The second-order valence-electron chi connectivity index (χ2n) is 3.97. The van der Waals surface area contributed by atoms with Crippen molar-refractivity contribution in [3.05, 3.63) is 62.0 Å². The van der Waals surface area contributed by atoms with Crippen LogP contribution in [-0.4, -0.2) is 11.1 Å². The summed E-state index contributed by atoms with van der Waals surface area (Å²) in [7, 11) is 0. The fraction of sp³-hybridized carbons (Fsp3) is 0.0714. The highest BCUT2D eigenvalue weighted by molar-refractivity contribution is 9.10. The van der Waals surface area contributed by atoms with E-state index in [1.807, 2.05) is 12.1 Å². The minimum atomic E-state index is -1.10. The molecule has 2 rings (SSSR count). The highest BCUT2D eigenvalue weighted by atomic mass is 79.9. The zero-order valence-corrected chi connectivity index (χ0v) is 13.2. The van der Waals surface area contributed by atoms with Crippen molar-refractivity contribution >= 4 is 45.1 Å². The first-order valence-electron chi connectivity index (χ1n) is 5.57. The number of ether oxygens (including phenoxy) is 1. The van der Waals surface area contributed by atoms with E-state index in [4.69, 9.17) is 33.0 Å². The molecule has 0 saturated heterocycles. The van der Waals surface area contributed by atoms with Crippen LogP contribution in [0.2, 0.25) is 10.0 Å². The van der Waals surface area contributed by atoms with Crippen LogP contribution in [0.25, 0.3) is 0 Å². The number of carboxylic acid groups (broad SMARTS) is 1. The van der Waals surface area contributed by atoms with E-state index in [1.165, 1.54) is 12.1 Å². The number of hydrogen-bond acceptors (Lipinski definition) is 2. The van der Waals surface area contributed by atoms with Crippen LogP contribution in [0.1, 0.15) is 15.9 Å². The molecule has 104 valence electrons. The monoisotopic (exact) mass is 374 g/mol. The van der Waals surface area contributed by atoms with E-state index in [2.05, 4.69) is 15.9 Å². The molecule has 20 heavy (non-hydrogen) atoms. The van der Waals surface area contributed by atoms with Gasteiger partial charge in [0.1, 0.15) is 12.4 Å². The van der Waals surface area contributed by atoms with E-state index in [0.717, 1.165) is 10.0 Å². The molecular formula is C14H9BrCl2O3. The van der Waals surface area contributed by atoms with Gasteiger partial charge in [-0.15, -0.1) is 0 Å². The van der Waals surface area contributed by atoms with Crippen molar-refractivity contribution in [1.29, 1.82) is 0 Å². The van der Waals surface area contributed by atoms with Crippen LogP contribution >= 0.6 is 39.1 Å². The van der Waals surface area contributed by atoms with Gasteiger partial charge in [-0.1, -0.05) is 45.2 Å². The predicted molar refractivity (Wildman–Crippen MR) is 81.9 cm³/mol. The smallest absolute Gasteiger partial charge is 0.337 e. The van der Waals surface area contributed by atoms with E-state index in [1.54, 1.807) is 12.1 Å². The second-order valence-corrected chi connectivity index (χ2v) is 5.70. The van der Waals surface area contributed by atoms with Crippen molar-refractivity contribution in [3.63, 3.8) is 0 Å². The standard InChI is InChI=1S/C14H9BrCl2O3/c15-9-2-1-8(13(17)5-9)7-20-10-3-4-12(16)11(6-10)14(18)19/h1-6H,7H2,(H,18,19). The summed E-state index contributed by atoms with van der Waals surface area (Å²) in [4.78, 5) is 11.0. The summed E-state index contributed by atoms with van der Waals surface area (Å²) in [5.41, 5.74) is 0.813. The van der Waals surface area contributed by atoms with Crippen LogP contribution < -0.4 is 4.74 Å². The lowest BCUT2D eigenvalue weighted by Gasteiger charge is -2.09. The van der Waals surface area contributed by atoms with Crippen molar-refractivity contribution in [2.45, 2.75) is 6.61 Å². The molecule has 1 N–H and O–H groups in total. The summed E-state index contributed by atoms with van der Waals surface area (Å²) >= 11 is 15.2. The molecule has 3 nitrogen and oxygen atoms in total. The Morgan fingerprint density at radius 3 is 2.55 bits per heavy atom. The Balaban J connectivity index is 2.15. The average molecular weight is 376 g/mol. The fourth-order valence-electron chi connectivity index (χ4n) is 1.56. The van der Waals surface area contributed by atoms with Gasteiger partial charge in [0.05, 0.1) is 10.6 Å². The Hall–Kier alpha value is -1.23. The first kappa shape index (κ1) is 15.2. The van der Waals surface area contributed by atoms with Gasteiger partial charge in [-0.05, 0) is 30.3 Å². The Labute approximate surface area is 134 Å². The Kier molecular flexibility index (Phi) is 4.91. The van der Waals surface area contributed by atoms with Crippen LogP contribution in [0.5, 0.6) is 5.75 Å². The molecule has 0 amide bonds. The van der Waals surface area contributed by atoms with Gasteiger partial charge in [-0.3, -0.25) is 0 Å². The zero-order chi connectivity index (χ0) is 14.7. The number of aromatic carboxylic acids is 1. The van der Waals surface area contributed by atoms with Crippen LogP contribution in [0.4, 0.5) is 0 Å². The van der Waals surface area contributed by atoms with Crippen molar-refractivity contribution in [1.82, 2.24) is 0 Å². The molecule has 0 saturated carbocycles. The summed E-state index contributed by atoms with van der Waals surface area (Å²) < 4.78 is 6.42. The first-order chi connectivity index (χ1) is 9.47. The van der Waals surface area contributed by atoms with E-state index in [-0.39, 0.29) is 17.2 Å². The maximum absolute atomic E-state index is 11.0. The van der Waals surface area contributed by atoms with Gasteiger partial charge in [0, 0.05) is 15.1 Å². The molecule has 0 aliphatic carbocycles. The van der Waals surface area contributed by atoms with Crippen molar-refractivity contribution in [2.75, 3.05) is 0 Å². The molecule has 6 heteroatoms. The maximum atomic E-state index is 11.0. The number of carbonyl (C=O) groups is 1. The average Bonchev–Trinajstić information content (AvgIpc) is 2.39. The number of rotatable bonds is 4. The van der Waals surface area contributed by atoms with E-state index >= 15 is 0 Å². The highest BCUT2D eigenvalue weighted by Crippen LogP contribution is 2.25. The van der Waals surface area contributed by atoms with E-state index in [9.17, 15) is 4.79 Å². The zero-order valence-electron chi connectivity index (χ0n) is 10.1. The third-order valence-corrected chi connectivity index (χ3v) is 3.75. The molecule has 0 heterocycles. The van der Waals surface area contributed by atoms with Crippen molar-refractivity contribution < 1.29 is 14.6 Å². The van der Waals surface area contributed by atoms with Crippen molar-refractivity contribution in [3.8, 4) is 5.75 Å². The van der Waals surface area contributed by atoms with Crippen LogP contribution in [0.15, 0.2) is 40.9 Å². The van der Waals surface area contributed by atoms with Gasteiger partial charge < -0.3 is 9.84 Å². The summed E-state index contributed by atoms with van der Waals surface area (Å²) in [5.74, 6) is -0.673. The van der Waals surface area contributed by atoms with E-state index in [0.29, 0.717) is 10.8 Å². The van der Waals surface area contributed by atoms with Gasteiger partial charge in [-0.2, -0.15) is 0 Å². The molecule has 0 aromatic heterocycles. The van der Waals surface area contributed by atoms with Crippen molar-refractivity contribution in [2.24, 2.45) is 0 Å². The Morgan fingerprint density at radius 2 is 1.90 bits per heavy atom. The summed E-state index contributed by atoms with van der Waals surface area (Å²) in [6.45, 7) is 0.243. The summed E-state index contributed by atoms with van der Waals surface area (Å²) in [6.07, 6.45) is 0. The van der Waals surface area contributed by atoms with Gasteiger partial charge in [0.15, 0.2) is 0 Å². The van der Waals surface area contributed by atoms with Crippen LogP contribution in [0, 0.1) is 0 Å². The molecule has 0 fully saturated rings. The predicted octanol–water partition coefficient (Wildman–Crippen LogP) is 5.03. The van der Waals surface area contributed by atoms with Gasteiger partial charge in [0.2, 0.25) is 0 Å². The Morgan fingerprint density at radius 1 is 1.15 bits per heavy atom. The second kappa shape index (κ2) is 6.48. The normalized spacial score (nSPS) is 10.3. The van der Waals surface area contributed by atoms with Gasteiger partial charge >= 0.3 is 5.97 Å². The topological polar surface area (TPSA) is 46.5 Å². The van der Waals surface area contributed by atoms with Gasteiger partial charge in [-0.25, -0.2) is 4.79 Å². The number of benzene rings is 2. The molecule has 0 aliphatic rings. The van der Waals surface area contributed by atoms with Gasteiger partial charge in [0.25, 0.3) is 0 Å². The summed E-state index contributed by atoms with van der Waals surface area (Å²) in [5, 5.41) is 9.73. The molecular weight excluding hydrogens is 367 g/mol. The third-order valence-electron chi connectivity index (χ3n) is 2.58. The highest BCUT2D eigenvalue weighted by Gasteiger charge is 2.10. The number of halogens is 3. The lowest BCUT2D eigenvalue weighted by Crippen LogP contribution is -2.00.